The van der Waals surface area contributed by atoms with Gasteiger partial charge in [-0.2, -0.15) is 4.31 Å². The van der Waals surface area contributed by atoms with Gasteiger partial charge in [0.05, 0.1) is 12.0 Å². The first-order chi connectivity index (χ1) is 18.6. The Morgan fingerprint density at radius 1 is 1.10 bits per heavy atom. The van der Waals surface area contributed by atoms with Crippen LogP contribution in [0.3, 0.4) is 0 Å². The zero-order chi connectivity index (χ0) is 28.2. The van der Waals surface area contributed by atoms with Gasteiger partial charge in [-0.05, 0) is 73.3 Å². The Labute approximate surface area is 231 Å². The highest BCUT2D eigenvalue weighted by Gasteiger charge is 2.30. The van der Waals surface area contributed by atoms with Crippen molar-refractivity contribution in [3.05, 3.63) is 64.2 Å². The molecule has 2 aliphatic rings. The molecule has 0 fully saturated rings. The van der Waals surface area contributed by atoms with Gasteiger partial charge >= 0.3 is 0 Å². The van der Waals surface area contributed by atoms with E-state index in [9.17, 15) is 18.0 Å². The van der Waals surface area contributed by atoms with E-state index in [2.05, 4.69) is 23.3 Å². The summed E-state index contributed by atoms with van der Waals surface area (Å²) in [6, 6.07) is 9.34. The molecule has 2 aromatic carbocycles. The predicted molar refractivity (Wildman–Crippen MR) is 151 cm³/mol. The second-order valence-corrected chi connectivity index (χ2v) is 12.1. The lowest BCUT2D eigenvalue weighted by molar-refractivity contribution is -0.121. The average molecular weight is 555 g/mol. The van der Waals surface area contributed by atoms with E-state index in [4.69, 9.17) is 4.74 Å². The van der Waals surface area contributed by atoms with E-state index in [1.807, 2.05) is 12.1 Å². The van der Waals surface area contributed by atoms with E-state index in [1.165, 1.54) is 15.4 Å². The molecule has 0 radical (unpaired) electrons. The number of sulfonamides is 1. The van der Waals surface area contributed by atoms with Crippen LogP contribution in [0.2, 0.25) is 0 Å². The molecular formula is C29H38N4O5S. The van der Waals surface area contributed by atoms with Gasteiger partial charge in [0.1, 0.15) is 5.75 Å². The Morgan fingerprint density at radius 2 is 1.85 bits per heavy atom. The number of aryl methyl sites for hydroxylation is 1. The van der Waals surface area contributed by atoms with Crippen LogP contribution in [0, 0.1) is 6.92 Å². The van der Waals surface area contributed by atoms with Crippen LogP contribution in [0.25, 0.3) is 6.08 Å². The maximum Gasteiger partial charge on any atom is 0.253 e. The van der Waals surface area contributed by atoms with Crippen molar-refractivity contribution >= 4 is 27.9 Å². The molecular weight excluding hydrogens is 516 g/mol. The third kappa shape index (κ3) is 6.69. The summed E-state index contributed by atoms with van der Waals surface area (Å²) in [5.74, 6) is 0.246. The van der Waals surface area contributed by atoms with Crippen LogP contribution in [0.1, 0.15) is 39.0 Å². The molecule has 4 rings (SSSR count). The average Bonchev–Trinajstić information content (AvgIpc) is 3.17. The highest BCUT2D eigenvalue weighted by molar-refractivity contribution is 7.89. The lowest BCUT2D eigenvalue weighted by atomic mass is 9.99. The lowest BCUT2D eigenvalue weighted by Gasteiger charge is -2.22. The zero-order valence-electron chi connectivity index (χ0n) is 23.2. The van der Waals surface area contributed by atoms with Gasteiger partial charge in [-0.25, -0.2) is 8.42 Å². The molecule has 0 aromatic heterocycles. The van der Waals surface area contributed by atoms with Gasteiger partial charge in [-0.15, -0.1) is 0 Å². The topological polar surface area (TPSA) is 99.3 Å². The number of nitrogens with zero attached hydrogens (tertiary/aromatic N) is 3. The number of rotatable bonds is 8. The Kier molecular flexibility index (Phi) is 9.09. The minimum Gasteiger partial charge on any atom is -0.497 e. The van der Waals surface area contributed by atoms with E-state index < -0.39 is 10.0 Å². The molecule has 39 heavy (non-hydrogen) atoms. The molecule has 0 bridgehead atoms. The molecule has 2 aromatic rings. The minimum atomic E-state index is -3.78. The third-order valence-corrected chi connectivity index (χ3v) is 9.49. The molecule has 0 saturated heterocycles. The van der Waals surface area contributed by atoms with Crippen LogP contribution in [0.5, 0.6) is 5.75 Å². The van der Waals surface area contributed by atoms with Crippen LogP contribution in [0.4, 0.5) is 0 Å². The van der Waals surface area contributed by atoms with E-state index in [0.717, 1.165) is 25.9 Å². The first kappa shape index (κ1) is 28.8. The van der Waals surface area contributed by atoms with Crippen LogP contribution in [0.15, 0.2) is 41.3 Å². The standard InChI is InChI=1S/C29H38N4O5S/c1-21-18-26(38-4)20-24-6-5-13-33(39(36,37)28(21)24)16-11-27(34)30-12-17-32(3)29(35)25-8-7-22-9-14-31(2)15-10-23(22)19-25/h5-8,18-20H,9-17H2,1-4H3,(H,30,34). The SMILES string of the molecule is COc1cc(C)c2c(c1)C=CCN(CCC(=O)NCCN(C)C(=O)c1ccc3c(c1)CCN(C)CC3)S2(=O)=O. The number of amides is 2. The molecule has 2 aliphatic heterocycles. The number of fused-ring (bicyclic) bond motifs is 2. The summed E-state index contributed by atoms with van der Waals surface area (Å²) < 4.78 is 33.3. The normalized spacial score (nSPS) is 16.9. The summed E-state index contributed by atoms with van der Waals surface area (Å²) in [5.41, 5.74) is 4.35. The van der Waals surface area contributed by atoms with Crippen LogP contribution < -0.4 is 10.1 Å². The highest BCUT2D eigenvalue weighted by Crippen LogP contribution is 2.31. The first-order valence-corrected chi connectivity index (χ1v) is 14.7. The number of carbonyl (C=O) groups excluding carboxylic acids is 2. The fraction of sp³-hybridized carbons (Fsp3) is 0.448. The molecule has 2 amide bonds. The smallest absolute Gasteiger partial charge is 0.253 e. The van der Waals surface area contributed by atoms with E-state index in [1.54, 1.807) is 50.3 Å². The molecule has 210 valence electrons. The number of carbonyl (C=O) groups is 2. The lowest BCUT2D eigenvalue weighted by Crippen LogP contribution is -2.38. The summed E-state index contributed by atoms with van der Waals surface area (Å²) in [5, 5.41) is 2.82. The second-order valence-electron chi connectivity index (χ2n) is 10.2. The van der Waals surface area contributed by atoms with Crippen molar-refractivity contribution in [1.29, 1.82) is 0 Å². The fourth-order valence-corrected chi connectivity index (χ4v) is 6.83. The molecule has 0 spiro atoms. The molecule has 10 heteroatoms. The number of hydrogen-bond acceptors (Lipinski definition) is 6. The molecule has 0 atom stereocenters. The first-order valence-electron chi connectivity index (χ1n) is 13.3. The maximum absolute atomic E-state index is 13.4. The molecule has 0 unspecified atom stereocenters. The summed E-state index contributed by atoms with van der Waals surface area (Å²) in [6.45, 7) is 4.60. The van der Waals surface area contributed by atoms with E-state index in [-0.39, 0.29) is 42.8 Å². The number of benzene rings is 2. The number of nitrogens with one attached hydrogen (secondary N) is 1. The summed E-state index contributed by atoms with van der Waals surface area (Å²) in [6.07, 6.45) is 5.49. The molecule has 0 saturated carbocycles. The van der Waals surface area contributed by atoms with Crippen molar-refractivity contribution in [2.24, 2.45) is 0 Å². The molecule has 9 nitrogen and oxygen atoms in total. The quantitative estimate of drug-likeness (QED) is 0.538. The monoisotopic (exact) mass is 554 g/mol. The number of methoxy groups -OCH3 is 1. The van der Waals surface area contributed by atoms with Crippen LogP contribution >= 0.6 is 0 Å². The van der Waals surface area contributed by atoms with Gasteiger partial charge in [0.2, 0.25) is 15.9 Å². The molecule has 2 heterocycles. The van der Waals surface area contributed by atoms with Gasteiger partial charge in [-0.3, -0.25) is 9.59 Å². The van der Waals surface area contributed by atoms with Crippen LogP contribution in [-0.2, 0) is 27.7 Å². The Hall–Kier alpha value is -3.21. The van der Waals surface area contributed by atoms with Crippen molar-refractivity contribution < 1.29 is 22.7 Å². The zero-order valence-corrected chi connectivity index (χ0v) is 24.0. The highest BCUT2D eigenvalue weighted by atomic mass is 32.2. The molecule has 0 aliphatic carbocycles. The van der Waals surface area contributed by atoms with E-state index in [0.29, 0.717) is 29.0 Å². The second kappa shape index (κ2) is 12.3. The van der Waals surface area contributed by atoms with Gasteiger partial charge in [0.15, 0.2) is 0 Å². The van der Waals surface area contributed by atoms with Crippen molar-refractivity contribution in [3.8, 4) is 5.75 Å². The van der Waals surface area contributed by atoms with Gasteiger partial charge in [-0.1, -0.05) is 18.2 Å². The number of likely N-dealkylation sites (N-methyl/N-ethyl adjacent to an activating group) is 2. The summed E-state index contributed by atoms with van der Waals surface area (Å²) in [7, 11) is 1.60. The van der Waals surface area contributed by atoms with Crippen molar-refractivity contribution in [2.75, 3.05) is 60.5 Å². The Morgan fingerprint density at radius 3 is 2.59 bits per heavy atom. The maximum atomic E-state index is 13.4. The Balaban J connectivity index is 1.28. The van der Waals surface area contributed by atoms with Crippen molar-refractivity contribution in [1.82, 2.24) is 19.4 Å². The van der Waals surface area contributed by atoms with Gasteiger partial charge in [0.25, 0.3) is 5.91 Å². The predicted octanol–water partition coefficient (Wildman–Crippen LogP) is 2.33. The summed E-state index contributed by atoms with van der Waals surface area (Å²) in [4.78, 5) is 29.7. The fourth-order valence-electron chi connectivity index (χ4n) is 5.07. The minimum absolute atomic E-state index is 0.0224. The number of hydrogen-bond donors (Lipinski definition) is 1. The Bertz CT molecular complexity index is 1370. The van der Waals surface area contributed by atoms with Gasteiger partial charge in [0, 0.05) is 58.3 Å². The third-order valence-electron chi connectivity index (χ3n) is 7.40. The van der Waals surface area contributed by atoms with Gasteiger partial charge < -0.3 is 19.9 Å². The van der Waals surface area contributed by atoms with Crippen LogP contribution in [-0.4, -0.2) is 94.8 Å². The van der Waals surface area contributed by atoms with Crippen molar-refractivity contribution in [3.63, 3.8) is 0 Å². The molecule has 1 N–H and O–H groups in total. The van der Waals surface area contributed by atoms with Crippen molar-refractivity contribution in [2.45, 2.75) is 31.1 Å². The largest absolute Gasteiger partial charge is 0.497 e. The summed E-state index contributed by atoms with van der Waals surface area (Å²) >= 11 is 0. The van der Waals surface area contributed by atoms with E-state index >= 15 is 0 Å². The number of ether oxygens (including phenoxy) is 1.